The second-order valence-electron chi connectivity index (χ2n) is 14.3. The van der Waals surface area contributed by atoms with E-state index in [9.17, 15) is 26.4 Å². The fourth-order valence-electron chi connectivity index (χ4n) is 6.90. The second kappa shape index (κ2) is 20.4. The van der Waals surface area contributed by atoms with Gasteiger partial charge in [0.2, 0.25) is 31.9 Å². The lowest BCUT2D eigenvalue weighted by Crippen LogP contribution is -2.45. The summed E-state index contributed by atoms with van der Waals surface area (Å²) in [6.45, 7) is 3.55. The molecule has 3 atom stereocenters. The summed E-state index contributed by atoms with van der Waals surface area (Å²) in [5.41, 5.74) is 5.09. The number of thiophene rings is 1. The Hall–Kier alpha value is -4.74. The third kappa shape index (κ3) is 10.8. The van der Waals surface area contributed by atoms with Gasteiger partial charge in [0, 0.05) is 36.0 Å². The first-order valence-electron chi connectivity index (χ1n) is 19.7. The average Bonchev–Trinajstić information content (AvgIpc) is 4.13. The van der Waals surface area contributed by atoms with E-state index in [1.165, 1.54) is 32.1 Å². The summed E-state index contributed by atoms with van der Waals surface area (Å²) in [7, 11) is -7.52. The Balaban J connectivity index is 0.000000185. The third-order valence-electron chi connectivity index (χ3n) is 10.3. The summed E-state index contributed by atoms with van der Waals surface area (Å²) in [6.07, 6.45) is 0. The fourth-order valence-corrected chi connectivity index (χ4v) is 13.7. The Kier molecular flexibility index (Phi) is 14.8. The number of amides is 2. The van der Waals surface area contributed by atoms with Gasteiger partial charge in [0.25, 0.3) is 0 Å². The topological polar surface area (TPSA) is 133 Å². The molecule has 8 rings (SSSR count). The van der Waals surface area contributed by atoms with Crippen LogP contribution in [0.15, 0.2) is 167 Å². The molecular weight excluding hydrogens is 865 g/mol. The monoisotopic (exact) mass is 910 g/mol. The van der Waals surface area contributed by atoms with Gasteiger partial charge in [-0.05, 0) is 69.4 Å². The van der Waals surface area contributed by atoms with Crippen molar-refractivity contribution in [1.82, 2.24) is 19.2 Å². The van der Waals surface area contributed by atoms with E-state index in [1.54, 1.807) is 47.7 Å². The predicted octanol–water partition coefficient (Wildman–Crippen LogP) is 8.13. The van der Waals surface area contributed by atoms with Crippen molar-refractivity contribution in [2.45, 2.75) is 39.9 Å². The molecule has 0 spiro atoms. The number of hydrogen-bond acceptors (Lipinski definition) is 9. The largest absolute Gasteiger partial charge is 0.353 e. The summed E-state index contributed by atoms with van der Waals surface area (Å²) < 4.78 is 55.5. The van der Waals surface area contributed by atoms with E-state index in [1.807, 2.05) is 128 Å². The van der Waals surface area contributed by atoms with E-state index in [0.29, 0.717) is 37.7 Å². The molecule has 2 amide bonds. The number of benzene rings is 5. The number of sulfonamides is 2. The first-order valence-corrected chi connectivity index (χ1v) is 25.6. The predicted molar refractivity (Wildman–Crippen MR) is 248 cm³/mol. The van der Waals surface area contributed by atoms with Crippen molar-refractivity contribution in [1.29, 1.82) is 0 Å². The maximum atomic E-state index is 13.3. The van der Waals surface area contributed by atoms with Crippen LogP contribution in [0.25, 0.3) is 22.3 Å². The molecule has 0 aliphatic carbocycles. The van der Waals surface area contributed by atoms with Crippen LogP contribution in [0.5, 0.6) is 0 Å². The number of hydrogen-bond donors (Lipinski definition) is 2. The minimum absolute atomic E-state index is 0.141. The zero-order valence-electron chi connectivity index (χ0n) is 33.4. The number of rotatable bonds is 13. The van der Waals surface area contributed by atoms with Gasteiger partial charge < -0.3 is 10.6 Å². The molecule has 5 aromatic carbocycles. The molecule has 0 bridgehead atoms. The lowest BCUT2D eigenvalue weighted by Gasteiger charge is -2.23. The molecule has 316 valence electrons. The molecule has 0 saturated carbocycles. The Morgan fingerprint density at radius 3 is 1.44 bits per heavy atom. The molecule has 2 N–H and O–H groups in total. The molecule has 3 unspecified atom stereocenters. The van der Waals surface area contributed by atoms with Gasteiger partial charge in [-0.15, -0.1) is 34.9 Å². The van der Waals surface area contributed by atoms with Gasteiger partial charge in [0.15, 0.2) is 0 Å². The highest BCUT2D eigenvalue weighted by Gasteiger charge is 2.41. The molecule has 61 heavy (non-hydrogen) atoms. The highest BCUT2D eigenvalue weighted by atomic mass is 32.2. The minimum atomic E-state index is -3.77. The van der Waals surface area contributed by atoms with E-state index < -0.39 is 30.8 Å². The molecular formula is C46H46N4O6S5. The van der Waals surface area contributed by atoms with Crippen LogP contribution in [0.3, 0.4) is 0 Å². The molecule has 2 aliphatic heterocycles. The molecule has 2 aliphatic rings. The van der Waals surface area contributed by atoms with Gasteiger partial charge >= 0.3 is 0 Å². The SMILES string of the molecule is CC(CNC(=O)C1SCCN1S(=O)(=O)c1ccc(-c2ccccc2)cc1)c1ccccc1.O=C(NCc1cccs1)C1SCCN1S(=O)(=O)c1ccc(-c2ccccc2)cc1. The molecule has 2 saturated heterocycles. The van der Waals surface area contributed by atoms with Crippen molar-refractivity contribution in [2.24, 2.45) is 0 Å². The number of thioether (sulfide) groups is 2. The maximum Gasteiger partial charge on any atom is 0.249 e. The lowest BCUT2D eigenvalue weighted by atomic mass is 10.0. The summed E-state index contributed by atoms with van der Waals surface area (Å²) in [6, 6.07) is 47.1. The smallest absolute Gasteiger partial charge is 0.249 e. The highest BCUT2D eigenvalue weighted by Crippen LogP contribution is 2.33. The van der Waals surface area contributed by atoms with E-state index in [2.05, 4.69) is 10.6 Å². The van der Waals surface area contributed by atoms with Crippen LogP contribution in [0, 0.1) is 0 Å². The van der Waals surface area contributed by atoms with E-state index >= 15 is 0 Å². The van der Waals surface area contributed by atoms with Crippen molar-refractivity contribution in [3.63, 3.8) is 0 Å². The standard InChI is InChI=1S/C25H26N2O3S2.C21H20N2O3S3/c1-19(20-8-4-2-5-9-20)18-26-24(28)25-27(16-17-31-25)32(29,30)23-14-12-22(13-15-23)21-10-6-3-7-11-21;24-20(22-15-18-7-4-13-27-18)21-23(12-14-28-21)29(25,26)19-10-8-17(9-11-19)16-5-2-1-3-6-16/h2-15,19,25H,16-18H2,1H3,(H,26,28);1-11,13,21H,12,14-15H2,(H,22,24). The zero-order valence-corrected chi connectivity index (χ0v) is 37.5. The van der Waals surface area contributed by atoms with Crippen molar-refractivity contribution < 1.29 is 26.4 Å². The quantitative estimate of drug-likeness (QED) is 0.119. The first kappa shape index (κ1) is 44.3. The molecule has 15 heteroatoms. The summed E-state index contributed by atoms with van der Waals surface area (Å²) in [5, 5.41) is 6.25. The number of carbonyl (C=O) groups excluding carboxylic acids is 2. The van der Waals surface area contributed by atoms with E-state index in [4.69, 9.17) is 0 Å². The van der Waals surface area contributed by atoms with Gasteiger partial charge in [-0.25, -0.2) is 16.8 Å². The molecule has 10 nitrogen and oxygen atoms in total. The van der Waals surface area contributed by atoms with Crippen LogP contribution in [0.4, 0.5) is 0 Å². The van der Waals surface area contributed by atoms with Crippen LogP contribution in [-0.4, -0.2) is 79.1 Å². The molecule has 2 fully saturated rings. The fraction of sp³-hybridized carbons (Fsp3) is 0.217. The Morgan fingerprint density at radius 2 is 1.00 bits per heavy atom. The lowest BCUT2D eigenvalue weighted by molar-refractivity contribution is -0.123. The van der Waals surface area contributed by atoms with Gasteiger partial charge in [0.1, 0.15) is 10.7 Å². The van der Waals surface area contributed by atoms with Crippen LogP contribution in [0.2, 0.25) is 0 Å². The minimum Gasteiger partial charge on any atom is -0.353 e. The van der Waals surface area contributed by atoms with E-state index in [0.717, 1.165) is 32.7 Å². The molecule has 0 radical (unpaired) electrons. The number of nitrogens with one attached hydrogen (secondary N) is 2. The van der Waals surface area contributed by atoms with Crippen molar-refractivity contribution in [2.75, 3.05) is 31.1 Å². The first-order chi connectivity index (χ1) is 29.5. The Morgan fingerprint density at radius 1 is 0.574 bits per heavy atom. The van der Waals surface area contributed by atoms with Gasteiger partial charge in [-0.1, -0.05) is 128 Å². The van der Waals surface area contributed by atoms with E-state index in [-0.39, 0.29) is 27.5 Å². The maximum absolute atomic E-state index is 13.3. The zero-order chi connectivity index (χ0) is 42.8. The van der Waals surface area contributed by atoms with Crippen LogP contribution in [0.1, 0.15) is 23.3 Å². The van der Waals surface area contributed by atoms with Crippen molar-refractivity contribution >= 4 is 66.7 Å². The summed E-state index contributed by atoms with van der Waals surface area (Å²) in [5.74, 6) is 0.791. The number of nitrogens with zero attached hydrogens (tertiary/aromatic N) is 2. The Labute approximate surface area is 370 Å². The summed E-state index contributed by atoms with van der Waals surface area (Å²) in [4.78, 5) is 26.9. The molecule has 3 heterocycles. The Bertz CT molecular complexity index is 2580. The van der Waals surface area contributed by atoms with Crippen LogP contribution >= 0.6 is 34.9 Å². The molecule has 6 aromatic rings. The van der Waals surface area contributed by atoms with Crippen molar-refractivity contribution in [3.8, 4) is 22.3 Å². The average molecular weight is 911 g/mol. The van der Waals surface area contributed by atoms with Crippen LogP contribution < -0.4 is 10.6 Å². The highest BCUT2D eigenvalue weighted by molar-refractivity contribution is 8.02. The van der Waals surface area contributed by atoms with Crippen molar-refractivity contribution in [3.05, 3.63) is 167 Å². The van der Waals surface area contributed by atoms with Crippen LogP contribution in [-0.2, 0) is 36.2 Å². The van der Waals surface area contributed by atoms with Gasteiger partial charge in [-0.2, -0.15) is 8.61 Å². The number of carbonyl (C=O) groups is 2. The third-order valence-corrected chi connectivity index (χ3v) is 17.6. The second-order valence-corrected chi connectivity index (χ2v) is 21.5. The van der Waals surface area contributed by atoms with Gasteiger partial charge in [-0.3, -0.25) is 9.59 Å². The summed E-state index contributed by atoms with van der Waals surface area (Å²) >= 11 is 4.27. The normalized spacial score (nSPS) is 17.5. The molecule has 1 aromatic heterocycles. The van der Waals surface area contributed by atoms with Gasteiger partial charge in [0.05, 0.1) is 16.3 Å².